The van der Waals surface area contributed by atoms with Crippen LogP contribution in [0.5, 0.6) is 0 Å². The molecular formula is C30H31N3O6S. The molecule has 3 aromatic rings. The molecule has 3 heterocycles. The molecule has 9 nitrogen and oxygen atoms in total. The Bertz CT molecular complexity index is 1340. The van der Waals surface area contributed by atoms with Gasteiger partial charge < -0.3 is 19.8 Å². The van der Waals surface area contributed by atoms with Gasteiger partial charge in [0.2, 0.25) is 0 Å². The van der Waals surface area contributed by atoms with Gasteiger partial charge in [0.15, 0.2) is 0 Å². The Morgan fingerprint density at radius 1 is 0.925 bits per heavy atom. The number of anilines is 1. The highest BCUT2D eigenvalue weighted by molar-refractivity contribution is 7.98. The van der Waals surface area contributed by atoms with E-state index < -0.39 is 11.9 Å². The number of fused-ring (bicyclic) bond motifs is 2. The number of rotatable bonds is 5. The largest absolute Gasteiger partial charge is 0.473 e. The molecule has 5 rings (SSSR count). The van der Waals surface area contributed by atoms with Gasteiger partial charge in [0.25, 0.3) is 0 Å². The van der Waals surface area contributed by atoms with Crippen LogP contribution < -0.4 is 4.90 Å². The number of benzene rings is 2. The number of aliphatic carboxylic acids is 2. The molecule has 1 aromatic heterocycles. The summed E-state index contributed by atoms with van der Waals surface area (Å²) in [6.07, 6.45) is 4.14. The van der Waals surface area contributed by atoms with Crippen LogP contribution >= 0.6 is 11.8 Å². The summed E-state index contributed by atoms with van der Waals surface area (Å²) in [4.78, 5) is 41.1. The van der Waals surface area contributed by atoms with Crippen molar-refractivity contribution in [1.29, 1.82) is 0 Å². The molecule has 0 unspecified atom stereocenters. The van der Waals surface area contributed by atoms with Gasteiger partial charge in [0.05, 0.1) is 6.61 Å². The number of thioether (sulfide) groups is 1. The Morgan fingerprint density at radius 2 is 1.60 bits per heavy atom. The molecule has 0 spiro atoms. The number of carboxylic acid groups (broad SMARTS) is 2. The molecule has 0 atom stereocenters. The fourth-order valence-corrected chi connectivity index (χ4v) is 5.70. The maximum absolute atomic E-state index is 12.4. The molecule has 1 saturated heterocycles. The van der Waals surface area contributed by atoms with E-state index in [1.807, 2.05) is 18.7 Å². The summed E-state index contributed by atoms with van der Waals surface area (Å²) in [5.41, 5.74) is 5.92. The van der Waals surface area contributed by atoms with E-state index in [9.17, 15) is 4.79 Å². The van der Waals surface area contributed by atoms with Crippen molar-refractivity contribution in [2.24, 2.45) is 0 Å². The molecule has 2 aliphatic heterocycles. The van der Waals surface area contributed by atoms with E-state index in [1.54, 1.807) is 18.3 Å². The van der Waals surface area contributed by atoms with E-state index in [2.05, 4.69) is 69.4 Å². The monoisotopic (exact) mass is 561 g/mol. The van der Waals surface area contributed by atoms with Gasteiger partial charge >= 0.3 is 17.9 Å². The molecule has 1 fully saturated rings. The van der Waals surface area contributed by atoms with E-state index in [0.29, 0.717) is 12.2 Å². The normalized spacial score (nSPS) is 15.6. The summed E-state index contributed by atoms with van der Waals surface area (Å²) < 4.78 is 5.23. The Kier molecular flexibility index (Phi) is 9.93. The lowest BCUT2D eigenvalue weighted by Crippen LogP contribution is -2.47. The van der Waals surface area contributed by atoms with Crippen LogP contribution in [-0.4, -0.2) is 77.3 Å². The number of carbonyl (C=O) groups is 3. The van der Waals surface area contributed by atoms with Crippen LogP contribution in [0.3, 0.4) is 0 Å². The number of pyridine rings is 1. The average Bonchev–Trinajstić information content (AvgIpc) is 3.13. The predicted molar refractivity (Wildman–Crippen MR) is 154 cm³/mol. The number of esters is 1. The minimum absolute atomic E-state index is 0.304. The topological polar surface area (TPSA) is 120 Å². The number of hydrogen-bond donors (Lipinski definition) is 2. The third-order valence-electron chi connectivity index (χ3n) is 6.56. The molecule has 2 aliphatic rings. The standard InChI is InChI=1S/C28H29N3O2S.C2H2O4/c1-2-33-28(32)25-11-7-14-29-27(25)31-18-16-30(17-19-31)15-13-23-22-9-4-3-8-21(22)20-34-26-12-6-5-10-24(23)26;3-1(4)2(5)6/h3-14H,2,15-20H2,1H3;(H,3,4)(H,5,6). The summed E-state index contributed by atoms with van der Waals surface area (Å²) in [6, 6.07) is 21.1. The summed E-state index contributed by atoms with van der Waals surface area (Å²) in [7, 11) is 0. The first kappa shape index (κ1) is 28.8. The lowest BCUT2D eigenvalue weighted by atomic mass is 9.94. The van der Waals surface area contributed by atoms with Gasteiger partial charge in [-0.05, 0) is 47.4 Å². The molecule has 0 radical (unpaired) electrons. The second-order valence-corrected chi connectivity index (χ2v) is 10.1. The quantitative estimate of drug-likeness (QED) is 0.345. The fraction of sp³-hybridized carbons (Fsp3) is 0.267. The van der Waals surface area contributed by atoms with E-state index in [-0.39, 0.29) is 5.97 Å². The zero-order valence-electron chi connectivity index (χ0n) is 22.2. The van der Waals surface area contributed by atoms with Crippen molar-refractivity contribution in [1.82, 2.24) is 9.88 Å². The summed E-state index contributed by atoms with van der Waals surface area (Å²) in [5.74, 6) is -2.23. The first-order valence-corrected chi connectivity index (χ1v) is 13.9. The number of ether oxygens (including phenoxy) is 1. The first-order valence-electron chi connectivity index (χ1n) is 12.9. The van der Waals surface area contributed by atoms with Crippen molar-refractivity contribution < 1.29 is 29.3 Å². The first-order chi connectivity index (χ1) is 19.4. The van der Waals surface area contributed by atoms with Crippen LogP contribution in [-0.2, 0) is 20.1 Å². The molecule has 0 bridgehead atoms. The smallest absolute Gasteiger partial charge is 0.414 e. The van der Waals surface area contributed by atoms with Crippen LogP contribution in [0.4, 0.5) is 5.82 Å². The van der Waals surface area contributed by atoms with Crippen molar-refractivity contribution in [3.63, 3.8) is 0 Å². The van der Waals surface area contributed by atoms with Gasteiger partial charge in [-0.15, -0.1) is 11.8 Å². The van der Waals surface area contributed by atoms with E-state index in [0.717, 1.165) is 44.3 Å². The molecule has 40 heavy (non-hydrogen) atoms. The third-order valence-corrected chi connectivity index (χ3v) is 7.68. The number of hydrogen-bond acceptors (Lipinski definition) is 8. The van der Waals surface area contributed by atoms with E-state index >= 15 is 0 Å². The predicted octanol–water partition coefficient (Wildman–Crippen LogP) is 4.27. The maximum atomic E-state index is 12.4. The fourth-order valence-electron chi connectivity index (χ4n) is 4.62. The Hall–Kier alpha value is -4.15. The van der Waals surface area contributed by atoms with Gasteiger partial charge in [-0.3, -0.25) is 4.90 Å². The van der Waals surface area contributed by atoms with Crippen molar-refractivity contribution in [2.45, 2.75) is 17.6 Å². The molecule has 10 heteroatoms. The van der Waals surface area contributed by atoms with Gasteiger partial charge in [-0.25, -0.2) is 19.4 Å². The number of aromatic nitrogens is 1. The molecule has 2 N–H and O–H groups in total. The number of carboxylic acids is 2. The SMILES string of the molecule is CCOC(=O)c1cccnc1N1CCN(CC=C2c3ccccc3CSc3ccccc32)CC1.O=C(O)C(=O)O. The minimum atomic E-state index is -1.82. The van der Waals surface area contributed by atoms with Crippen LogP contribution in [0.1, 0.15) is 34.0 Å². The van der Waals surface area contributed by atoms with Crippen LogP contribution in [0.15, 0.2) is 77.8 Å². The zero-order valence-corrected chi connectivity index (χ0v) is 23.0. The van der Waals surface area contributed by atoms with Crippen molar-refractivity contribution in [3.05, 3.63) is 95.2 Å². The minimum Gasteiger partial charge on any atom is -0.473 e. The lowest BCUT2D eigenvalue weighted by molar-refractivity contribution is -0.159. The highest BCUT2D eigenvalue weighted by Crippen LogP contribution is 2.39. The van der Waals surface area contributed by atoms with E-state index in [4.69, 9.17) is 24.5 Å². The van der Waals surface area contributed by atoms with Crippen LogP contribution in [0.25, 0.3) is 5.57 Å². The molecular weight excluding hydrogens is 530 g/mol. The van der Waals surface area contributed by atoms with Gasteiger partial charge in [-0.1, -0.05) is 48.5 Å². The van der Waals surface area contributed by atoms with Gasteiger partial charge in [0, 0.05) is 49.6 Å². The number of carbonyl (C=O) groups excluding carboxylic acids is 1. The van der Waals surface area contributed by atoms with Gasteiger partial charge in [0.1, 0.15) is 11.4 Å². The average molecular weight is 562 g/mol. The van der Waals surface area contributed by atoms with Crippen molar-refractivity contribution >= 4 is 41.1 Å². The highest BCUT2D eigenvalue weighted by Gasteiger charge is 2.24. The molecule has 0 aliphatic carbocycles. The molecule has 2 aromatic carbocycles. The Labute approximate surface area is 237 Å². The molecule has 208 valence electrons. The van der Waals surface area contributed by atoms with E-state index in [1.165, 1.54) is 27.2 Å². The second-order valence-electron chi connectivity index (χ2n) is 9.05. The maximum Gasteiger partial charge on any atom is 0.414 e. The third kappa shape index (κ3) is 7.08. The molecule has 0 amide bonds. The van der Waals surface area contributed by atoms with Crippen LogP contribution in [0, 0.1) is 0 Å². The summed E-state index contributed by atoms with van der Waals surface area (Å²) in [5, 5.41) is 14.8. The lowest BCUT2D eigenvalue weighted by Gasteiger charge is -2.35. The van der Waals surface area contributed by atoms with Crippen molar-refractivity contribution in [2.75, 3.05) is 44.2 Å². The summed E-state index contributed by atoms with van der Waals surface area (Å²) in [6.45, 7) is 6.57. The van der Waals surface area contributed by atoms with Crippen molar-refractivity contribution in [3.8, 4) is 0 Å². The summed E-state index contributed by atoms with van der Waals surface area (Å²) >= 11 is 1.92. The van der Waals surface area contributed by atoms with Gasteiger partial charge in [-0.2, -0.15) is 0 Å². The second kappa shape index (κ2) is 13.8. The molecule has 0 saturated carbocycles. The Morgan fingerprint density at radius 3 is 2.30 bits per heavy atom. The Balaban J connectivity index is 0.000000557. The number of piperazine rings is 1. The number of nitrogens with zero attached hydrogens (tertiary/aromatic N) is 3. The van der Waals surface area contributed by atoms with Crippen LogP contribution in [0.2, 0.25) is 0 Å². The zero-order chi connectivity index (χ0) is 28.5. The highest BCUT2D eigenvalue weighted by atomic mass is 32.2.